The van der Waals surface area contributed by atoms with Crippen molar-refractivity contribution in [1.29, 1.82) is 0 Å². The number of H-pyrrole nitrogens is 1. The second-order valence-corrected chi connectivity index (χ2v) is 8.21. The number of carbonyl (C=O) groups is 1. The van der Waals surface area contributed by atoms with Crippen molar-refractivity contribution in [2.45, 2.75) is 51.5 Å². The molecule has 2 fully saturated rings. The van der Waals surface area contributed by atoms with E-state index in [0.717, 1.165) is 42.6 Å². The molecule has 2 bridgehead atoms. The number of halogens is 1. The maximum atomic E-state index is 12.9. The number of benzene rings is 1. The topological polar surface area (TPSA) is 101 Å². The van der Waals surface area contributed by atoms with Gasteiger partial charge < -0.3 is 16.0 Å². The second-order valence-electron chi connectivity index (χ2n) is 8.21. The Morgan fingerprint density at radius 3 is 2.66 bits per heavy atom. The summed E-state index contributed by atoms with van der Waals surface area (Å²) in [6.07, 6.45) is 5.99. The Balaban J connectivity index is 0.00000240. The number of rotatable bonds is 4. The Kier molecular flexibility index (Phi) is 6.75. The van der Waals surface area contributed by atoms with Crippen LogP contribution in [0.25, 0.3) is 11.4 Å². The van der Waals surface area contributed by atoms with E-state index in [2.05, 4.69) is 15.3 Å². The molecule has 7 heteroatoms. The van der Waals surface area contributed by atoms with E-state index in [9.17, 15) is 9.59 Å². The Hall–Kier alpha value is -2.18. The highest BCUT2D eigenvalue weighted by molar-refractivity contribution is 5.93. The fourth-order valence-corrected chi connectivity index (χ4v) is 4.82. The summed E-state index contributed by atoms with van der Waals surface area (Å²) in [7, 11) is 0. The molecule has 6 nitrogen and oxygen atoms in total. The number of nitrogens with one attached hydrogen (secondary N) is 2. The van der Waals surface area contributed by atoms with Gasteiger partial charge in [0.2, 0.25) is 5.91 Å². The Labute approximate surface area is 177 Å². The summed E-state index contributed by atoms with van der Waals surface area (Å²) in [4.78, 5) is 32.0. The van der Waals surface area contributed by atoms with E-state index in [1.807, 2.05) is 31.2 Å². The lowest BCUT2D eigenvalue weighted by atomic mass is 9.65. The zero-order valence-electron chi connectivity index (χ0n) is 16.7. The van der Waals surface area contributed by atoms with Gasteiger partial charge in [-0.2, -0.15) is 0 Å². The number of amides is 1. The second kappa shape index (κ2) is 9.09. The van der Waals surface area contributed by atoms with Gasteiger partial charge in [0.1, 0.15) is 5.82 Å². The average molecular weight is 417 g/mol. The minimum Gasteiger partial charge on any atom is -0.327 e. The normalized spacial score (nSPS) is 25.7. The monoisotopic (exact) mass is 416 g/mol. The number of hydrogen-bond donors (Lipinski definition) is 3. The molecule has 0 aliphatic heterocycles. The zero-order chi connectivity index (χ0) is 19.7. The number of fused-ring (bicyclic) bond motifs is 2. The maximum Gasteiger partial charge on any atom is 0.251 e. The highest BCUT2D eigenvalue weighted by Crippen LogP contribution is 2.42. The molecule has 2 saturated carbocycles. The first kappa shape index (κ1) is 21.5. The highest BCUT2D eigenvalue weighted by atomic mass is 35.5. The number of nitrogens with two attached hydrogens (primary N) is 1. The molecule has 0 spiro atoms. The number of aromatic nitrogens is 2. The summed E-state index contributed by atoms with van der Waals surface area (Å²) in [5, 5.41) is 3.07. The van der Waals surface area contributed by atoms with Crippen molar-refractivity contribution in [3.05, 3.63) is 46.4 Å². The van der Waals surface area contributed by atoms with E-state index in [0.29, 0.717) is 24.1 Å². The fourth-order valence-electron chi connectivity index (χ4n) is 4.82. The van der Waals surface area contributed by atoms with Crippen molar-refractivity contribution in [3.8, 4) is 11.4 Å². The first-order valence-corrected chi connectivity index (χ1v) is 10.3. The van der Waals surface area contributed by atoms with E-state index in [1.54, 1.807) is 0 Å². The first-order valence-electron chi connectivity index (χ1n) is 10.3. The van der Waals surface area contributed by atoms with Gasteiger partial charge in [0, 0.05) is 35.0 Å². The number of nitrogens with zero attached hydrogens (tertiary/aromatic N) is 1. The smallest absolute Gasteiger partial charge is 0.251 e. The van der Waals surface area contributed by atoms with Gasteiger partial charge in [-0.1, -0.05) is 25.5 Å². The van der Waals surface area contributed by atoms with Crippen LogP contribution in [-0.4, -0.2) is 21.9 Å². The van der Waals surface area contributed by atoms with Crippen LogP contribution in [0.15, 0.2) is 35.1 Å². The third kappa shape index (κ3) is 4.70. The molecule has 2 aromatic rings. The van der Waals surface area contributed by atoms with E-state index < -0.39 is 0 Å². The van der Waals surface area contributed by atoms with E-state index >= 15 is 0 Å². The molecule has 1 heterocycles. The third-order valence-corrected chi connectivity index (χ3v) is 6.34. The molecule has 156 valence electrons. The van der Waals surface area contributed by atoms with Crippen molar-refractivity contribution >= 4 is 24.0 Å². The van der Waals surface area contributed by atoms with Crippen LogP contribution >= 0.6 is 12.4 Å². The SMILES string of the molecule is CCc1cc(=O)[nH]c(-c2cccc(NC(=O)C3CC4CCCC(C3)C4N)c2)n1.Cl. The van der Waals surface area contributed by atoms with Gasteiger partial charge >= 0.3 is 0 Å². The van der Waals surface area contributed by atoms with Crippen LogP contribution in [0.2, 0.25) is 0 Å². The molecular formula is C22H29ClN4O2. The predicted molar refractivity (Wildman–Crippen MR) is 117 cm³/mol. The van der Waals surface area contributed by atoms with Gasteiger partial charge in [-0.05, 0) is 56.1 Å². The van der Waals surface area contributed by atoms with Crippen LogP contribution in [0.1, 0.15) is 44.7 Å². The van der Waals surface area contributed by atoms with Gasteiger partial charge in [0.25, 0.3) is 5.56 Å². The van der Waals surface area contributed by atoms with Gasteiger partial charge in [-0.25, -0.2) is 4.98 Å². The molecule has 4 N–H and O–H groups in total. The van der Waals surface area contributed by atoms with Crippen LogP contribution in [-0.2, 0) is 11.2 Å². The Morgan fingerprint density at radius 1 is 1.24 bits per heavy atom. The molecule has 2 unspecified atom stereocenters. The maximum absolute atomic E-state index is 12.9. The molecule has 0 saturated heterocycles. The van der Waals surface area contributed by atoms with Crippen LogP contribution in [0.3, 0.4) is 0 Å². The lowest BCUT2D eigenvalue weighted by Crippen LogP contribution is -2.48. The number of hydrogen-bond acceptors (Lipinski definition) is 4. The first-order chi connectivity index (χ1) is 13.5. The number of anilines is 1. The molecule has 0 radical (unpaired) electrons. The van der Waals surface area contributed by atoms with E-state index in [4.69, 9.17) is 5.73 Å². The summed E-state index contributed by atoms with van der Waals surface area (Å²) in [6, 6.07) is 9.27. The Bertz CT molecular complexity index is 915. The summed E-state index contributed by atoms with van der Waals surface area (Å²) < 4.78 is 0. The lowest BCUT2D eigenvalue weighted by molar-refractivity contribution is -0.122. The van der Waals surface area contributed by atoms with Gasteiger partial charge in [-0.15, -0.1) is 12.4 Å². The van der Waals surface area contributed by atoms with Gasteiger partial charge in [-0.3, -0.25) is 9.59 Å². The zero-order valence-corrected chi connectivity index (χ0v) is 17.5. The summed E-state index contributed by atoms with van der Waals surface area (Å²) in [5.74, 6) is 1.57. The van der Waals surface area contributed by atoms with Crippen molar-refractivity contribution in [3.63, 3.8) is 0 Å². The predicted octanol–water partition coefficient (Wildman–Crippen LogP) is 3.51. The molecule has 2 aliphatic rings. The molecule has 1 aromatic carbocycles. The summed E-state index contributed by atoms with van der Waals surface area (Å²) in [6.45, 7) is 1.97. The molecule has 1 aromatic heterocycles. The van der Waals surface area contributed by atoms with Gasteiger partial charge in [0.05, 0.1) is 0 Å². The van der Waals surface area contributed by atoms with Crippen LogP contribution in [0.5, 0.6) is 0 Å². The minimum absolute atomic E-state index is 0. The van der Waals surface area contributed by atoms with Crippen LogP contribution in [0, 0.1) is 17.8 Å². The summed E-state index contributed by atoms with van der Waals surface area (Å²) >= 11 is 0. The molecule has 2 aliphatic carbocycles. The standard InChI is InChI=1S/C22H28N4O2.ClH/c1-2-17-12-19(27)26-21(24-17)15-7-4-8-18(11-15)25-22(28)16-9-13-5-3-6-14(10-16)20(13)23;/h4,7-8,11-14,16,20H,2-3,5-6,9-10,23H2,1H3,(H,25,28)(H,24,26,27);1H. The lowest BCUT2D eigenvalue weighted by Gasteiger charge is -2.43. The highest BCUT2D eigenvalue weighted by Gasteiger charge is 2.40. The van der Waals surface area contributed by atoms with Gasteiger partial charge in [0.15, 0.2) is 0 Å². The van der Waals surface area contributed by atoms with Crippen LogP contribution < -0.4 is 16.6 Å². The Morgan fingerprint density at radius 2 is 1.97 bits per heavy atom. The molecule has 2 atom stereocenters. The largest absolute Gasteiger partial charge is 0.327 e. The number of aromatic amines is 1. The average Bonchev–Trinajstić information content (AvgIpc) is 2.67. The van der Waals surface area contributed by atoms with Crippen molar-refractivity contribution in [2.24, 2.45) is 23.5 Å². The number of carbonyl (C=O) groups excluding carboxylic acids is 1. The summed E-state index contributed by atoms with van der Waals surface area (Å²) in [5.41, 5.74) is 8.45. The fraction of sp³-hybridized carbons (Fsp3) is 0.500. The van der Waals surface area contributed by atoms with E-state index in [-0.39, 0.29) is 35.8 Å². The number of aryl methyl sites for hydroxylation is 1. The van der Waals surface area contributed by atoms with Crippen molar-refractivity contribution in [1.82, 2.24) is 9.97 Å². The molecular weight excluding hydrogens is 388 g/mol. The van der Waals surface area contributed by atoms with Crippen LogP contribution in [0.4, 0.5) is 5.69 Å². The third-order valence-electron chi connectivity index (χ3n) is 6.34. The quantitative estimate of drug-likeness (QED) is 0.709. The van der Waals surface area contributed by atoms with Crippen molar-refractivity contribution in [2.75, 3.05) is 5.32 Å². The molecule has 4 rings (SSSR count). The van der Waals surface area contributed by atoms with E-state index in [1.165, 1.54) is 12.5 Å². The molecule has 29 heavy (non-hydrogen) atoms. The van der Waals surface area contributed by atoms with Crippen molar-refractivity contribution < 1.29 is 4.79 Å². The minimum atomic E-state index is -0.165. The molecule has 1 amide bonds.